The zero-order valence-corrected chi connectivity index (χ0v) is 9.59. The fourth-order valence-corrected chi connectivity index (χ4v) is 3.78. The molecule has 2 rings (SSSR count). The fourth-order valence-electron chi connectivity index (χ4n) is 3.78. The largest absolute Gasteiger partial charge is 0.0625 e. The molecule has 5 unspecified atom stereocenters. The van der Waals surface area contributed by atoms with Crippen LogP contribution in [0.1, 0.15) is 47.0 Å². The predicted molar refractivity (Wildman–Crippen MR) is 57.5 cm³/mol. The molecule has 0 bridgehead atoms. The summed E-state index contributed by atoms with van der Waals surface area (Å²) in [5.74, 6) is 6.16. The molecule has 2 saturated carbocycles. The van der Waals surface area contributed by atoms with Crippen LogP contribution in [0, 0.1) is 35.5 Å². The van der Waals surface area contributed by atoms with E-state index < -0.39 is 0 Å². The normalized spacial score (nSPS) is 50.1. The molecule has 0 heterocycles. The van der Waals surface area contributed by atoms with Crippen molar-refractivity contribution in [2.75, 3.05) is 0 Å². The molecular weight excluding hydrogens is 156 g/mol. The van der Waals surface area contributed by atoms with Crippen LogP contribution in [0.3, 0.4) is 0 Å². The Kier molecular flexibility index (Phi) is 2.42. The molecule has 2 aliphatic carbocycles. The van der Waals surface area contributed by atoms with Crippen molar-refractivity contribution in [3.63, 3.8) is 0 Å². The lowest BCUT2D eigenvalue weighted by Crippen LogP contribution is -2.11. The van der Waals surface area contributed by atoms with Gasteiger partial charge in [0.05, 0.1) is 0 Å². The van der Waals surface area contributed by atoms with Gasteiger partial charge in [0.15, 0.2) is 0 Å². The summed E-state index contributed by atoms with van der Waals surface area (Å²) in [6.07, 6.45) is 4.60. The Hall–Kier alpha value is 0. The molecule has 5 atom stereocenters. The first-order valence-electron chi connectivity index (χ1n) is 6.09. The standard InChI is InChI=1S/C13H24/c1-8(2)11-6-12-5-9(3)10(4)13(12)7-11/h8-13H,5-7H2,1-4H3. The van der Waals surface area contributed by atoms with Crippen molar-refractivity contribution in [3.8, 4) is 0 Å². The molecule has 0 aromatic carbocycles. The molecule has 0 aromatic rings. The van der Waals surface area contributed by atoms with Crippen molar-refractivity contribution >= 4 is 0 Å². The molecule has 0 saturated heterocycles. The maximum absolute atomic E-state index is 2.48. The van der Waals surface area contributed by atoms with E-state index >= 15 is 0 Å². The lowest BCUT2D eigenvalue weighted by molar-refractivity contribution is 0.302. The van der Waals surface area contributed by atoms with Gasteiger partial charge in [-0.1, -0.05) is 27.7 Å². The molecule has 0 spiro atoms. The maximum Gasteiger partial charge on any atom is -0.0355 e. The highest BCUT2D eigenvalue weighted by Crippen LogP contribution is 2.53. The van der Waals surface area contributed by atoms with Gasteiger partial charge in [0.1, 0.15) is 0 Å². The summed E-state index contributed by atoms with van der Waals surface area (Å²) in [7, 11) is 0. The van der Waals surface area contributed by atoms with E-state index in [-0.39, 0.29) is 0 Å². The third-order valence-corrected chi connectivity index (χ3v) is 4.98. The second-order valence-corrected chi connectivity index (χ2v) is 5.97. The van der Waals surface area contributed by atoms with Gasteiger partial charge < -0.3 is 0 Å². The van der Waals surface area contributed by atoms with Gasteiger partial charge in [-0.3, -0.25) is 0 Å². The van der Waals surface area contributed by atoms with E-state index in [4.69, 9.17) is 0 Å². The van der Waals surface area contributed by atoms with Crippen molar-refractivity contribution < 1.29 is 0 Å². The summed E-state index contributed by atoms with van der Waals surface area (Å²) < 4.78 is 0. The highest BCUT2D eigenvalue weighted by Gasteiger charge is 2.44. The number of fused-ring (bicyclic) bond motifs is 1. The topological polar surface area (TPSA) is 0 Å². The van der Waals surface area contributed by atoms with E-state index in [2.05, 4.69) is 27.7 Å². The summed E-state index contributed by atoms with van der Waals surface area (Å²) in [6.45, 7) is 9.74. The Morgan fingerprint density at radius 3 is 2.23 bits per heavy atom. The Bertz CT molecular complexity index is 182. The minimum atomic E-state index is 0.924. The molecule has 2 aliphatic rings. The molecule has 0 aromatic heterocycles. The zero-order chi connectivity index (χ0) is 9.59. The minimum absolute atomic E-state index is 0.924. The van der Waals surface area contributed by atoms with Gasteiger partial charge >= 0.3 is 0 Å². The van der Waals surface area contributed by atoms with Gasteiger partial charge in [-0.25, -0.2) is 0 Å². The van der Waals surface area contributed by atoms with Gasteiger partial charge in [-0.2, -0.15) is 0 Å². The third kappa shape index (κ3) is 1.53. The van der Waals surface area contributed by atoms with E-state index in [1.54, 1.807) is 0 Å². The van der Waals surface area contributed by atoms with E-state index in [9.17, 15) is 0 Å². The van der Waals surface area contributed by atoms with E-state index in [1.165, 1.54) is 19.3 Å². The monoisotopic (exact) mass is 180 g/mol. The van der Waals surface area contributed by atoms with Crippen LogP contribution < -0.4 is 0 Å². The van der Waals surface area contributed by atoms with Crippen LogP contribution in [0.25, 0.3) is 0 Å². The number of hydrogen-bond acceptors (Lipinski definition) is 0. The Morgan fingerprint density at radius 1 is 1.00 bits per heavy atom. The summed E-state index contributed by atoms with van der Waals surface area (Å²) >= 11 is 0. The van der Waals surface area contributed by atoms with Gasteiger partial charge in [0, 0.05) is 0 Å². The minimum Gasteiger partial charge on any atom is -0.0625 e. The lowest BCUT2D eigenvalue weighted by Gasteiger charge is -2.19. The third-order valence-electron chi connectivity index (χ3n) is 4.98. The molecule has 76 valence electrons. The molecular formula is C13H24. The fraction of sp³-hybridized carbons (Fsp3) is 1.00. The van der Waals surface area contributed by atoms with Crippen molar-refractivity contribution in [1.82, 2.24) is 0 Å². The first kappa shape index (κ1) is 9.55. The summed E-state index contributed by atoms with van der Waals surface area (Å²) in [5, 5.41) is 0. The van der Waals surface area contributed by atoms with Crippen LogP contribution in [-0.2, 0) is 0 Å². The zero-order valence-electron chi connectivity index (χ0n) is 9.59. The molecule has 0 amide bonds. The van der Waals surface area contributed by atoms with Crippen LogP contribution in [-0.4, -0.2) is 0 Å². The molecule has 0 nitrogen and oxygen atoms in total. The van der Waals surface area contributed by atoms with E-state index in [1.807, 2.05) is 0 Å². The molecule has 0 aliphatic heterocycles. The van der Waals surface area contributed by atoms with Crippen molar-refractivity contribution in [2.45, 2.75) is 47.0 Å². The quantitative estimate of drug-likeness (QED) is 0.573. The first-order valence-corrected chi connectivity index (χ1v) is 6.09. The van der Waals surface area contributed by atoms with Crippen molar-refractivity contribution in [1.29, 1.82) is 0 Å². The van der Waals surface area contributed by atoms with Crippen molar-refractivity contribution in [2.24, 2.45) is 35.5 Å². The Morgan fingerprint density at radius 2 is 1.69 bits per heavy atom. The second-order valence-electron chi connectivity index (χ2n) is 5.97. The van der Waals surface area contributed by atoms with Gasteiger partial charge in [0.2, 0.25) is 0 Å². The van der Waals surface area contributed by atoms with Gasteiger partial charge in [0.25, 0.3) is 0 Å². The van der Waals surface area contributed by atoms with Crippen LogP contribution in [0.5, 0.6) is 0 Å². The van der Waals surface area contributed by atoms with Crippen molar-refractivity contribution in [3.05, 3.63) is 0 Å². The number of hydrogen-bond donors (Lipinski definition) is 0. The number of rotatable bonds is 1. The average molecular weight is 180 g/mol. The maximum atomic E-state index is 2.48. The van der Waals surface area contributed by atoms with E-state index in [0.717, 1.165) is 35.5 Å². The van der Waals surface area contributed by atoms with Gasteiger partial charge in [-0.15, -0.1) is 0 Å². The lowest BCUT2D eigenvalue weighted by atomic mass is 9.86. The summed E-state index contributed by atoms with van der Waals surface area (Å²) in [4.78, 5) is 0. The van der Waals surface area contributed by atoms with Crippen LogP contribution in [0.4, 0.5) is 0 Å². The summed E-state index contributed by atoms with van der Waals surface area (Å²) in [6, 6.07) is 0. The SMILES string of the molecule is CC(C)C1CC2CC(C)C(C)C2C1. The first-order chi connectivity index (χ1) is 6.09. The average Bonchev–Trinajstić information content (AvgIpc) is 2.55. The second kappa shape index (κ2) is 3.29. The smallest absolute Gasteiger partial charge is 0.0355 e. The van der Waals surface area contributed by atoms with Crippen LogP contribution in [0.2, 0.25) is 0 Å². The van der Waals surface area contributed by atoms with Crippen LogP contribution >= 0.6 is 0 Å². The van der Waals surface area contributed by atoms with E-state index in [0.29, 0.717) is 0 Å². The predicted octanol–water partition coefficient (Wildman–Crippen LogP) is 3.96. The molecule has 0 N–H and O–H groups in total. The molecule has 2 fully saturated rings. The summed E-state index contributed by atoms with van der Waals surface area (Å²) in [5.41, 5.74) is 0. The highest BCUT2D eigenvalue weighted by atomic mass is 14.5. The van der Waals surface area contributed by atoms with Crippen LogP contribution in [0.15, 0.2) is 0 Å². The molecule has 13 heavy (non-hydrogen) atoms. The molecule has 0 heteroatoms. The Balaban J connectivity index is 2.01. The highest BCUT2D eigenvalue weighted by molar-refractivity contribution is 4.94. The Labute approximate surface area is 83.1 Å². The molecule has 0 radical (unpaired) electrons. The van der Waals surface area contributed by atoms with Gasteiger partial charge in [-0.05, 0) is 54.8 Å².